The van der Waals surface area contributed by atoms with Crippen molar-refractivity contribution in [1.29, 1.82) is 0 Å². The molecule has 4 amide bonds. The number of urea groups is 1. The summed E-state index contributed by atoms with van der Waals surface area (Å²) < 4.78 is 0. The SMILES string of the molecule is Cc1cc(C)c(CCNC(=O)N2CC(C(N)=O)C(C(N)=O)C2)c(C)c1. The molecule has 0 aromatic heterocycles. The van der Waals surface area contributed by atoms with E-state index >= 15 is 0 Å². The summed E-state index contributed by atoms with van der Waals surface area (Å²) >= 11 is 0. The summed E-state index contributed by atoms with van der Waals surface area (Å²) in [5, 5.41) is 2.84. The maximum atomic E-state index is 12.3. The van der Waals surface area contributed by atoms with Crippen LogP contribution in [-0.4, -0.2) is 42.4 Å². The van der Waals surface area contributed by atoms with Crippen LogP contribution in [0.2, 0.25) is 0 Å². The number of carbonyl (C=O) groups is 3. The van der Waals surface area contributed by atoms with E-state index in [4.69, 9.17) is 11.5 Å². The first-order chi connectivity index (χ1) is 11.7. The highest BCUT2D eigenvalue weighted by molar-refractivity contribution is 5.88. The molecule has 0 bridgehead atoms. The smallest absolute Gasteiger partial charge is 0.317 e. The molecule has 1 heterocycles. The van der Waals surface area contributed by atoms with Crippen LogP contribution in [-0.2, 0) is 16.0 Å². The first-order valence-corrected chi connectivity index (χ1v) is 8.38. The molecule has 2 unspecified atom stereocenters. The number of primary amides is 2. The largest absolute Gasteiger partial charge is 0.369 e. The molecule has 1 aromatic rings. The number of benzene rings is 1. The third kappa shape index (κ3) is 4.29. The fourth-order valence-electron chi connectivity index (χ4n) is 3.56. The molecule has 7 heteroatoms. The molecule has 0 aliphatic carbocycles. The maximum absolute atomic E-state index is 12.3. The maximum Gasteiger partial charge on any atom is 0.317 e. The minimum Gasteiger partial charge on any atom is -0.369 e. The summed E-state index contributed by atoms with van der Waals surface area (Å²) in [4.78, 5) is 36.6. The summed E-state index contributed by atoms with van der Waals surface area (Å²) in [5.41, 5.74) is 15.5. The Morgan fingerprint density at radius 1 is 1.04 bits per heavy atom. The van der Waals surface area contributed by atoms with Gasteiger partial charge in [0.15, 0.2) is 0 Å². The Balaban J connectivity index is 1.93. The van der Waals surface area contributed by atoms with E-state index in [0.29, 0.717) is 6.54 Å². The number of amides is 4. The highest BCUT2D eigenvalue weighted by Crippen LogP contribution is 2.23. The lowest BCUT2D eigenvalue weighted by atomic mass is 9.95. The Morgan fingerprint density at radius 2 is 1.52 bits per heavy atom. The molecule has 1 saturated heterocycles. The van der Waals surface area contributed by atoms with Crippen LogP contribution in [0.25, 0.3) is 0 Å². The summed E-state index contributed by atoms with van der Waals surface area (Å²) in [6, 6.07) is 3.94. The van der Waals surface area contributed by atoms with Crippen molar-refractivity contribution in [2.75, 3.05) is 19.6 Å². The van der Waals surface area contributed by atoms with Crippen molar-refractivity contribution in [1.82, 2.24) is 10.2 Å². The Morgan fingerprint density at radius 3 is 1.96 bits per heavy atom. The number of likely N-dealkylation sites (tertiary alicyclic amines) is 1. The van der Waals surface area contributed by atoms with Gasteiger partial charge in [-0.25, -0.2) is 4.79 Å². The Labute approximate surface area is 147 Å². The second-order valence-corrected chi connectivity index (χ2v) is 6.78. The highest BCUT2D eigenvalue weighted by Gasteiger charge is 2.41. The van der Waals surface area contributed by atoms with Gasteiger partial charge in [0, 0.05) is 19.6 Å². The average Bonchev–Trinajstić information content (AvgIpc) is 2.95. The van der Waals surface area contributed by atoms with E-state index in [0.717, 1.165) is 6.42 Å². The fraction of sp³-hybridized carbons (Fsp3) is 0.500. The van der Waals surface area contributed by atoms with Crippen molar-refractivity contribution in [3.05, 3.63) is 34.4 Å². The lowest BCUT2D eigenvalue weighted by Gasteiger charge is -2.18. The monoisotopic (exact) mass is 346 g/mol. The third-order valence-electron chi connectivity index (χ3n) is 4.83. The molecule has 2 atom stereocenters. The van der Waals surface area contributed by atoms with E-state index < -0.39 is 23.7 Å². The van der Waals surface area contributed by atoms with Crippen molar-refractivity contribution < 1.29 is 14.4 Å². The van der Waals surface area contributed by atoms with Crippen LogP contribution in [0.15, 0.2) is 12.1 Å². The van der Waals surface area contributed by atoms with E-state index in [2.05, 4.69) is 38.2 Å². The van der Waals surface area contributed by atoms with Gasteiger partial charge in [-0.1, -0.05) is 17.7 Å². The number of nitrogens with two attached hydrogens (primary N) is 2. The Hall–Kier alpha value is -2.57. The number of hydrogen-bond donors (Lipinski definition) is 3. The Kier molecular flexibility index (Phi) is 5.66. The van der Waals surface area contributed by atoms with E-state index in [1.54, 1.807) is 0 Å². The van der Waals surface area contributed by atoms with Gasteiger partial charge in [-0.15, -0.1) is 0 Å². The molecular formula is C18H26N4O3. The lowest BCUT2D eigenvalue weighted by Crippen LogP contribution is -2.40. The van der Waals surface area contributed by atoms with Gasteiger partial charge in [0.25, 0.3) is 0 Å². The Bertz CT molecular complexity index is 657. The first kappa shape index (κ1) is 18.8. The standard InChI is InChI=1S/C18H26N4O3/c1-10-6-11(2)13(12(3)7-10)4-5-21-18(25)22-8-14(16(19)23)15(9-22)17(20)24/h6-7,14-15H,4-5,8-9H2,1-3H3,(H2,19,23)(H2,20,24)(H,21,25). The van der Waals surface area contributed by atoms with Crippen LogP contribution in [0.5, 0.6) is 0 Å². The summed E-state index contributed by atoms with van der Waals surface area (Å²) in [7, 11) is 0. The molecule has 5 N–H and O–H groups in total. The van der Waals surface area contributed by atoms with Gasteiger partial charge in [-0.2, -0.15) is 0 Å². The van der Waals surface area contributed by atoms with Gasteiger partial charge >= 0.3 is 6.03 Å². The molecule has 136 valence electrons. The number of nitrogens with zero attached hydrogens (tertiary/aromatic N) is 1. The minimum atomic E-state index is -0.718. The number of carbonyl (C=O) groups excluding carboxylic acids is 3. The lowest BCUT2D eigenvalue weighted by molar-refractivity contribution is -0.129. The zero-order chi connectivity index (χ0) is 18.7. The molecule has 1 fully saturated rings. The number of aryl methyl sites for hydroxylation is 3. The molecule has 2 rings (SSSR count). The zero-order valence-corrected chi connectivity index (χ0v) is 15.0. The quantitative estimate of drug-likeness (QED) is 0.715. The molecular weight excluding hydrogens is 320 g/mol. The van der Waals surface area contributed by atoms with Crippen LogP contribution in [0.4, 0.5) is 4.79 Å². The van der Waals surface area contributed by atoms with Gasteiger partial charge in [0.2, 0.25) is 11.8 Å². The summed E-state index contributed by atoms with van der Waals surface area (Å²) in [6.45, 7) is 6.90. The van der Waals surface area contributed by atoms with Crippen molar-refractivity contribution in [3.63, 3.8) is 0 Å². The highest BCUT2D eigenvalue weighted by atomic mass is 16.2. The van der Waals surface area contributed by atoms with Crippen molar-refractivity contribution in [2.45, 2.75) is 27.2 Å². The summed E-state index contributed by atoms with van der Waals surface area (Å²) in [5.74, 6) is -2.65. The second kappa shape index (κ2) is 7.55. The number of hydrogen-bond acceptors (Lipinski definition) is 3. The molecule has 25 heavy (non-hydrogen) atoms. The van der Waals surface area contributed by atoms with Crippen LogP contribution < -0.4 is 16.8 Å². The predicted molar refractivity (Wildman–Crippen MR) is 94.7 cm³/mol. The number of nitrogens with one attached hydrogen (secondary N) is 1. The van der Waals surface area contributed by atoms with Crippen molar-refractivity contribution >= 4 is 17.8 Å². The van der Waals surface area contributed by atoms with Crippen LogP contribution in [0.1, 0.15) is 22.3 Å². The van der Waals surface area contributed by atoms with Gasteiger partial charge in [-0.3, -0.25) is 9.59 Å². The van der Waals surface area contributed by atoms with Crippen molar-refractivity contribution in [2.24, 2.45) is 23.3 Å². The minimum absolute atomic E-state index is 0.122. The average molecular weight is 346 g/mol. The van der Waals surface area contributed by atoms with Gasteiger partial charge < -0.3 is 21.7 Å². The molecule has 1 aromatic carbocycles. The molecule has 0 spiro atoms. The van der Waals surface area contributed by atoms with E-state index in [1.165, 1.54) is 27.2 Å². The zero-order valence-electron chi connectivity index (χ0n) is 15.0. The van der Waals surface area contributed by atoms with Crippen LogP contribution >= 0.6 is 0 Å². The van der Waals surface area contributed by atoms with E-state index in [1.807, 2.05) is 0 Å². The van der Waals surface area contributed by atoms with Crippen LogP contribution in [0.3, 0.4) is 0 Å². The summed E-state index contributed by atoms with van der Waals surface area (Å²) in [6.07, 6.45) is 0.718. The van der Waals surface area contributed by atoms with Gasteiger partial charge in [0.1, 0.15) is 0 Å². The topological polar surface area (TPSA) is 119 Å². The van der Waals surface area contributed by atoms with Gasteiger partial charge in [0.05, 0.1) is 11.8 Å². The molecule has 1 aliphatic rings. The van der Waals surface area contributed by atoms with E-state index in [9.17, 15) is 14.4 Å². The third-order valence-corrected chi connectivity index (χ3v) is 4.83. The molecule has 7 nitrogen and oxygen atoms in total. The molecule has 0 radical (unpaired) electrons. The van der Waals surface area contributed by atoms with Crippen molar-refractivity contribution in [3.8, 4) is 0 Å². The molecule has 1 aliphatic heterocycles. The normalized spacial score (nSPS) is 19.7. The van der Waals surface area contributed by atoms with Gasteiger partial charge in [-0.05, 0) is 43.9 Å². The molecule has 0 saturated carbocycles. The predicted octanol–water partition coefficient (Wildman–Crippen LogP) is 0.383. The fourth-order valence-corrected chi connectivity index (χ4v) is 3.56. The first-order valence-electron chi connectivity index (χ1n) is 8.38. The second-order valence-electron chi connectivity index (χ2n) is 6.78. The van der Waals surface area contributed by atoms with E-state index in [-0.39, 0.29) is 19.1 Å². The number of rotatable bonds is 5. The van der Waals surface area contributed by atoms with Crippen LogP contribution in [0, 0.1) is 32.6 Å².